The Kier molecular flexibility index (Phi) is 2.15. The maximum atomic E-state index is 5.58. The van der Waals surface area contributed by atoms with E-state index in [9.17, 15) is 0 Å². The van der Waals surface area contributed by atoms with Crippen molar-refractivity contribution >= 4 is 22.6 Å². The second kappa shape index (κ2) is 3.64. The van der Waals surface area contributed by atoms with Crippen molar-refractivity contribution in [3.8, 4) is 11.7 Å². The van der Waals surface area contributed by atoms with Crippen LogP contribution in [0.4, 0.5) is 0 Å². The number of hydrogen-bond acceptors (Lipinski definition) is 4. The van der Waals surface area contributed by atoms with Gasteiger partial charge in [-0.1, -0.05) is 18.2 Å². The molecule has 0 amide bonds. The molecule has 1 aromatic carbocycles. The van der Waals surface area contributed by atoms with Gasteiger partial charge >= 0.3 is 0 Å². The molecule has 2 heterocycles. The minimum Gasteiger partial charge on any atom is -0.451 e. The fraction of sp³-hybridized carbons (Fsp3) is 0.0909. The van der Waals surface area contributed by atoms with E-state index >= 15 is 0 Å². The predicted molar refractivity (Wildman–Crippen MR) is 59.1 cm³/mol. The first-order valence-corrected chi connectivity index (χ1v) is 5.27. The number of nitrogens with zero attached hydrogens (tertiary/aromatic N) is 2. The van der Waals surface area contributed by atoms with Gasteiger partial charge in [0.15, 0.2) is 5.76 Å². The smallest absolute Gasteiger partial charge is 0.283 e. The van der Waals surface area contributed by atoms with Gasteiger partial charge in [-0.3, -0.25) is 0 Å². The molecule has 0 radical (unpaired) electrons. The lowest BCUT2D eigenvalue weighted by Gasteiger charge is -1.85. The Morgan fingerprint density at radius 1 is 1.12 bits per heavy atom. The molecule has 0 saturated heterocycles. The lowest BCUT2D eigenvalue weighted by atomic mass is 10.2. The molecule has 0 atom stereocenters. The maximum absolute atomic E-state index is 5.58. The molecule has 0 spiro atoms. The van der Waals surface area contributed by atoms with Crippen molar-refractivity contribution in [2.75, 3.05) is 0 Å². The molecule has 80 valence electrons. The number of rotatable bonds is 2. The molecule has 3 aromatic rings. The second-order valence-electron chi connectivity index (χ2n) is 3.28. The summed E-state index contributed by atoms with van der Waals surface area (Å²) in [6.45, 7) is 0. The van der Waals surface area contributed by atoms with E-state index in [1.165, 1.54) is 0 Å². The first-order valence-electron chi connectivity index (χ1n) is 4.74. The number of hydrogen-bond donors (Lipinski definition) is 0. The highest BCUT2D eigenvalue weighted by atomic mass is 35.5. The van der Waals surface area contributed by atoms with Crippen LogP contribution >= 0.6 is 11.6 Å². The molecule has 4 nitrogen and oxygen atoms in total. The van der Waals surface area contributed by atoms with Crippen LogP contribution in [0.2, 0.25) is 0 Å². The van der Waals surface area contributed by atoms with E-state index in [0.29, 0.717) is 17.5 Å². The van der Waals surface area contributed by atoms with Gasteiger partial charge in [-0.15, -0.1) is 21.8 Å². The molecule has 0 bridgehead atoms. The van der Waals surface area contributed by atoms with E-state index in [-0.39, 0.29) is 5.88 Å². The maximum Gasteiger partial charge on any atom is 0.283 e. The summed E-state index contributed by atoms with van der Waals surface area (Å²) < 4.78 is 10.9. The number of para-hydroxylation sites is 1. The second-order valence-corrected chi connectivity index (χ2v) is 3.55. The highest BCUT2D eigenvalue weighted by Gasteiger charge is 2.12. The largest absolute Gasteiger partial charge is 0.451 e. The molecular formula is C11H7ClN2O2. The van der Waals surface area contributed by atoms with E-state index in [2.05, 4.69) is 10.2 Å². The molecular weight excluding hydrogens is 228 g/mol. The molecule has 0 aliphatic rings. The van der Waals surface area contributed by atoms with Crippen LogP contribution in [0.25, 0.3) is 22.6 Å². The Labute approximate surface area is 95.8 Å². The highest BCUT2D eigenvalue weighted by Crippen LogP contribution is 2.26. The van der Waals surface area contributed by atoms with Crippen molar-refractivity contribution in [3.05, 3.63) is 36.2 Å². The predicted octanol–water partition coefficient (Wildman–Crippen LogP) is 3.22. The Bertz CT molecular complexity index is 596. The van der Waals surface area contributed by atoms with Crippen molar-refractivity contribution in [3.63, 3.8) is 0 Å². The standard InChI is InChI=1S/C11H7ClN2O2/c12-6-10-13-14-11(16-10)9-5-7-3-1-2-4-8(7)15-9/h1-5H,6H2. The average molecular weight is 235 g/mol. The van der Waals surface area contributed by atoms with Gasteiger partial charge in [0.1, 0.15) is 11.5 Å². The average Bonchev–Trinajstić information content (AvgIpc) is 2.95. The fourth-order valence-electron chi connectivity index (χ4n) is 1.49. The van der Waals surface area contributed by atoms with Gasteiger partial charge in [0.2, 0.25) is 5.89 Å². The van der Waals surface area contributed by atoms with Gasteiger partial charge < -0.3 is 8.83 Å². The lowest BCUT2D eigenvalue weighted by Crippen LogP contribution is -1.74. The van der Waals surface area contributed by atoms with Gasteiger partial charge in [0.05, 0.1) is 0 Å². The van der Waals surface area contributed by atoms with Crippen molar-refractivity contribution in [2.24, 2.45) is 0 Å². The van der Waals surface area contributed by atoms with E-state index in [1.807, 2.05) is 30.3 Å². The van der Waals surface area contributed by atoms with Crippen LogP contribution in [-0.2, 0) is 5.88 Å². The van der Waals surface area contributed by atoms with Crippen LogP contribution in [0.3, 0.4) is 0 Å². The zero-order valence-electron chi connectivity index (χ0n) is 8.18. The third-order valence-corrected chi connectivity index (χ3v) is 2.45. The normalized spacial score (nSPS) is 11.1. The number of furan rings is 1. The summed E-state index contributed by atoms with van der Waals surface area (Å²) in [5.41, 5.74) is 0.795. The van der Waals surface area contributed by atoms with E-state index in [4.69, 9.17) is 20.4 Å². The monoisotopic (exact) mass is 234 g/mol. The minimum atomic E-state index is 0.202. The molecule has 0 saturated carbocycles. The summed E-state index contributed by atoms with van der Waals surface area (Å²) in [5, 5.41) is 8.63. The van der Waals surface area contributed by atoms with E-state index in [0.717, 1.165) is 11.0 Å². The van der Waals surface area contributed by atoms with E-state index < -0.39 is 0 Å². The zero-order valence-corrected chi connectivity index (χ0v) is 8.94. The molecule has 5 heteroatoms. The lowest BCUT2D eigenvalue weighted by molar-refractivity contribution is 0.503. The Morgan fingerprint density at radius 2 is 2.00 bits per heavy atom. The molecule has 0 aliphatic heterocycles. The quantitative estimate of drug-likeness (QED) is 0.639. The number of halogens is 1. The van der Waals surface area contributed by atoms with Crippen molar-refractivity contribution < 1.29 is 8.83 Å². The van der Waals surface area contributed by atoms with Gasteiger partial charge in [-0.25, -0.2) is 0 Å². The summed E-state index contributed by atoms with van der Waals surface area (Å²) in [6.07, 6.45) is 0. The van der Waals surface area contributed by atoms with Gasteiger partial charge in [-0.05, 0) is 12.1 Å². The Hall–Kier alpha value is -1.81. The third-order valence-electron chi connectivity index (χ3n) is 2.22. The van der Waals surface area contributed by atoms with Crippen LogP contribution in [0, 0.1) is 0 Å². The minimum absolute atomic E-state index is 0.202. The zero-order chi connectivity index (χ0) is 11.0. The molecule has 3 rings (SSSR count). The van der Waals surface area contributed by atoms with Gasteiger partial charge in [-0.2, -0.15) is 0 Å². The van der Waals surface area contributed by atoms with Crippen LogP contribution in [0.1, 0.15) is 5.89 Å². The first-order chi connectivity index (χ1) is 7.86. The third kappa shape index (κ3) is 1.47. The molecule has 0 fully saturated rings. The SMILES string of the molecule is ClCc1nnc(-c2cc3ccccc3o2)o1. The van der Waals surface area contributed by atoms with Crippen LogP contribution < -0.4 is 0 Å². The summed E-state index contributed by atoms with van der Waals surface area (Å²) in [4.78, 5) is 0. The summed E-state index contributed by atoms with van der Waals surface area (Å²) in [5.74, 6) is 1.50. The summed E-state index contributed by atoms with van der Waals surface area (Å²) >= 11 is 5.58. The highest BCUT2D eigenvalue weighted by molar-refractivity contribution is 6.16. The molecule has 2 aromatic heterocycles. The molecule has 0 N–H and O–H groups in total. The number of aromatic nitrogens is 2. The van der Waals surface area contributed by atoms with Crippen molar-refractivity contribution in [2.45, 2.75) is 5.88 Å². The molecule has 0 aliphatic carbocycles. The van der Waals surface area contributed by atoms with Crippen molar-refractivity contribution in [1.82, 2.24) is 10.2 Å². The van der Waals surface area contributed by atoms with Crippen molar-refractivity contribution in [1.29, 1.82) is 0 Å². The summed E-state index contributed by atoms with van der Waals surface area (Å²) in [7, 11) is 0. The summed E-state index contributed by atoms with van der Waals surface area (Å²) in [6, 6.07) is 9.56. The number of fused-ring (bicyclic) bond motifs is 1. The Morgan fingerprint density at radius 3 is 2.75 bits per heavy atom. The van der Waals surface area contributed by atoms with Crippen LogP contribution in [0.15, 0.2) is 39.2 Å². The molecule has 16 heavy (non-hydrogen) atoms. The van der Waals surface area contributed by atoms with Gasteiger partial charge in [0.25, 0.3) is 5.89 Å². The topological polar surface area (TPSA) is 52.1 Å². The molecule has 0 unspecified atom stereocenters. The number of alkyl halides is 1. The first kappa shape index (κ1) is 9.42. The van der Waals surface area contributed by atoms with Gasteiger partial charge in [0, 0.05) is 5.39 Å². The Balaban J connectivity index is 2.11. The van der Waals surface area contributed by atoms with E-state index in [1.54, 1.807) is 0 Å². The van der Waals surface area contributed by atoms with Crippen LogP contribution in [0.5, 0.6) is 0 Å². The number of benzene rings is 1. The van der Waals surface area contributed by atoms with Crippen LogP contribution in [-0.4, -0.2) is 10.2 Å². The fourth-order valence-corrected chi connectivity index (χ4v) is 1.60.